The van der Waals surface area contributed by atoms with Gasteiger partial charge in [-0.1, -0.05) is 25.1 Å². The molecule has 0 spiro atoms. The van der Waals surface area contributed by atoms with Gasteiger partial charge < -0.3 is 0 Å². The Hall–Kier alpha value is -2.04. The largest absolute Gasteiger partial charge is 0.352 e. The molecule has 0 radical (unpaired) electrons. The molecule has 2 aliphatic heterocycles. The molecule has 0 N–H and O–H groups in total. The number of rotatable bonds is 1. The molecule has 3 heterocycles. The van der Waals surface area contributed by atoms with Gasteiger partial charge in [0, 0.05) is 0 Å². The standard InChI is InChI=1S/C17H15N3O2/c1-17-10-8-9(10)14-12(17)11(17)13(8)19-15(21)18(16(22)20(14)19)7-5-3-2-4-6-7/h2-6,8-14H,1H3/t8-,9+,10?,11-,12+,13-,14-,17?/m1/s1. The van der Waals surface area contributed by atoms with Crippen LogP contribution in [0.25, 0.3) is 5.69 Å². The van der Waals surface area contributed by atoms with Crippen LogP contribution in [0.4, 0.5) is 0 Å². The molecule has 0 saturated heterocycles. The minimum atomic E-state index is -0.134. The highest BCUT2D eigenvalue weighted by Crippen LogP contribution is 2.97. The molecule has 5 heteroatoms. The van der Waals surface area contributed by atoms with E-state index < -0.39 is 0 Å². The second-order valence-corrected chi connectivity index (χ2v) is 8.00. The summed E-state index contributed by atoms with van der Waals surface area (Å²) >= 11 is 0. The molecule has 8 rings (SSSR count). The summed E-state index contributed by atoms with van der Waals surface area (Å²) in [5, 5.41) is 0. The Labute approximate surface area is 125 Å². The number of para-hydroxylation sites is 1. The highest BCUT2D eigenvalue weighted by molar-refractivity contribution is 5.43. The van der Waals surface area contributed by atoms with Crippen molar-refractivity contribution in [1.29, 1.82) is 0 Å². The lowest BCUT2D eigenvalue weighted by Gasteiger charge is -2.36. The van der Waals surface area contributed by atoms with Gasteiger partial charge in [-0.15, -0.1) is 0 Å². The van der Waals surface area contributed by atoms with Crippen LogP contribution in [-0.2, 0) is 0 Å². The third-order valence-corrected chi connectivity index (χ3v) is 7.68. The zero-order chi connectivity index (χ0) is 14.5. The second kappa shape index (κ2) is 2.66. The van der Waals surface area contributed by atoms with Crippen LogP contribution in [0.2, 0.25) is 0 Å². The average Bonchev–Trinajstić information content (AvgIpc) is 3.34. The summed E-state index contributed by atoms with van der Waals surface area (Å²) in [7, 11) is 0. The minimum absolute atomic E-state index is 0.134. The molecule has 2 bridgehead atoms. The van der Waals surface area contributed by atoms with Crippen LogP contribution in [0.5, 0.6) is 0 Å². The first-order valence-corrected chi connectivity index (χ1v) is 8.19. The fourth-order valence-corrected chi connectivity index (χ4v) is 7.20. The van der Waals surface area contributed by atoms with Crippen LogP contribution in [0.3, 0.4) is 0 Å². The summed E-state index contributed by atoms with van der Waals surface area (Å²) in [5.41, 5.74) is 0.856. The van der Waals surface area contributed by atoms with Crippen molar-refractivity contribution in [2.45, 2.75) is 19.0 Å². The topological polar surface area (TPSA) is 48.9 Å². The van der Waals surface area contributed by atoms with Crippen LogP contribution < -0.4 is 11.4 Å². The van der Waals surface area contributed by atoms with Crippen molar-refractivity contribution in [2.75, 3.05) is 0 Å². The SMILES string of the molecule is CC12C3[C@@H]4[C@H]3[C@@H]3[C@H]1[C@H]2[C@@H]4n1c(=O)n(-c2ccccc2)c(=O)n13. The van der Waals surface area contributed by atoms with E-state index in [2.05, 4.69) is 6.92 Å². The summed E-state index contributed by atoms with van der Waals surface area (Å²) in [6.45, 7) is 2.40. The Morgan fingerprint density at radius 3 is 1.86 bits per heavy atom. The Balaban J connectivity index is 1.57. The van der Waals surface area contributed by atoms with Gasteiger partial charge in [0.05, 0.1) is 17.8 Å². The van der Waals surface area contributed by atoms with E-state index in [1.807, 2.05) is 39.7 Å². The van der Waals surface area contributed by atoms with Crippen LogP contribution in [0.1, 0.15) is 19.0 Å². The van der Waals surface area contributed by atoms with E-state index in [-0.39, 0.29) is 11.4 Å². The number of hydrogen-bond donors (Lipinski definition) is 0. The van der Waals surface area contributed by atoms with E-state index in [4.69, 9.17) is 0 Å². The summed E-state index contributed by atoms with van der Waals surface area (Å²) in [5.74, 6) is 3.44. The molecule has 1 aromatic carbocycles. The second-order valence-electron chi connectivity index (χ2n) is 8.00. The maximum Gasteiger partial charge on any atom is 0.352 e. The molecular weight excluding hydrogens is 278 g/mol. The maximum absolute atomic E-state index is 13.0. The van der Waals surface area contributed by atoms with Crippen molar-refractivity contribution in [3.05, 3.63) is 51.3 Å². The van der Waals surface area contributed by atoms with E-state index in [1.165, 1.54) is 4.57 Å². The Morgan fingerprint density at radius 1 is 0.864 bits per heavy atom. The lowest BCUT2D eigenvalue weighted by Crippen LogP contribution is -2.45. The van der Waals surface area contributed by atoms with Crippen molar-refractivity contribution < 1.29 is 0 Å². The normalized spacial score (nSPS) is 50.1. The fraction of sp³-hybridized carbons (Fsp3) is 0.529. The molecule has 0 amide bonds. The van der Waals surface area contributed by atoms with E-state index >= 15 is 0 Å². The van der Waals surface area contributed by atoms with Crippen molar-refractivity contribution in [3.8, 4) is 5.69 Å². The Kier molecular flexibility index (Phi) is 1.29. The molecule has 6 aliphatic rings. The van der Waals surface area contributed by atoms with E-state index in [0.717, 1.165) is 5.92 Å². The first-order valence-electron chi connectivity index (χ1n) is 8.19. The minimum Gasteiger partial charge on any atom is -0.245 e. The van der Waals surface area contributed by atoms with Crippen LogP contribution >= 0.6 is 0 Å². The van der Waals surface area contributed by atoms with E-state index in [1.54, 1.807) is 0 Å². The molecule has 8 atom stereocenters. The fourth-order valence-electron chi connectivity index (χ4n) is 7.20. The lowest BCUT2D eigenvalue weighted by atomic mass is 9.89. The number of nitrogens with zero attached hydrogens (tertiary/aromatic N) is 3. The van der Waals surface area contributed by atoms with E-state index in [9.17, 15) is 9.59 Å². The Bertz CT molecular complexity index is 942. The summed E-state index contributed by atoms with van der Waals surface area (Å²) in [6.07, 6.45) is 0. The molecule has 2 aromatic rings. The van der Waals surface area contributed by atoms with Gasteiger partial charge in [-0.05, 0) is 47.1 Å². The Morgan fingerprint density at radius 2 is 1.41 bits per heavy atom. The van der Waals surface area contributed by atoms with Crippen molar-refractivity contribution >= 4 is 0 Å². The van der Waals surface area contributed by atoms with Gasteiger partial charge in [-0.3, -0.25) is 0 Å². The highest BCUT2D eigenvalue weighted by atomic mass is 16.2. The number of hydrogen-bond acceptors (Lipinski definition) is 2. The molecule has 22 heavy (non-hydrogen) atoms. The number of aromatic nitrogens is 3. The molecule has 1 aromatic heterocycles. The monoisotopic (exact) mass is 293 g/mol. The lowest BCUT2D eigenvalue weighted by molar-refractivity contribution is 0.112. The predicted molar refractivity (Wildman–Crippen MR) is 77.9 cm³/mol. The van der Waals surface area contributed by atoms with Gasteiger partial charge in [0.2, 0.25) is 0 Å². The zero-order valence-corrected chi connectivity index (χ0v) is 12.1. The highest BCUT2D eigenvalue weighted by Gasteiger charge is 2.95. The summed E-state index contributed by atoms with van der Waals surface area (Å²) < 4.78 is 5.04. The van der Waals surface area contributed by atoms with Crippen molar-refractivity contribution in [1.82, 2.24) is 13.9 Å². The van der Waals surface area contributed by atoms with Crippen LogP contribution in [0, 0.1) is 35.0 Å². The molecule has 4 saturated carbocycles. The van der Waals surface area contributed by atoms with Crippen molar-refractivity contribution in [2.24, 2.45) is 35.0 Å². The van der Waals surface area contributed by atoms with Crippen LogP contribution in [0.15, 0.2) is 39.9 Å². The van der Waals surface area contributed by atoms with Gasteiger partial charge in [-0.2, -0.15) is 0 Å². The number of benzene rings is 1. The first kappa shape index (κ1) is 10.6. The zero-order valence-electron chi connectivity index (χ0n) is 12.1. The van der Waals surface area contributed by atoms with Gasteiger partial charge in [0.1, 0.15) is 0 Å². The van der Waals surface area contributed by atoms with Gasteiger partial charge in [-0.25, -0.2) is 23.5 Å². The molecule has 2 unspecified atom stereocenters. The summed E-state index contributed by atoms with van der Waals surface area (Å²) in [6, 6.07) is 9.91. The third kappa shape index (κ3) is 0.733. The maximum atomic E-state index is 13.0. The van der Waals surface area contributed by atoms with Gasteiger partial charge in [0.15, 0.2) is 0 Å². The van der Waals surface area contributed by atoms with E-state index in [0.29, 0.717) is 46.9 Å². The molecule has 4 aliphatic carbocycles. The predicted octanol–water partition coefficient (Wildman–Crippen LogP) is 1.04. The summed E-state index contributed by atoms with van der Waals surface area (Å²) in [4.78, 5) is 25.9. The molecule has 5 nitrogen and oxygen atoms in total. The molecule has 110 valence electrons. The smallest absolute Gasteiger partial charge is 0.245 e. The van der Waals surface area contributed by atoms with Gasteiger partial charge >= 0.3 is 11.4 Å². The third-order valence-electron chi connectivity index (χ3n) is 7.68. The van der Waals surface area contributed by atoms with Crippen molar-refractivity contribution in [3.63, 3.8) is 0 Å². The molecule has 4 fully saturated rings. The average molecular weight is 293 g/mol. The van der Waals surface area contributed by atoms with Gasteiger partial charge in [0.25, 0.3) is 0 Å². The quantitative estimate of drug-likeness (QED) is 0.789. The first-order chi connectivity index (χ1) is 10.7. The molecular formula is C17H15N3O2. The van der Waals surface area contributed by atoms with Crippen LogP contribution in [-0.4, -0.2) is 13.9 Å².